The van der Waals surface area contributed by atoms with Crippen molar-refractivity contribution in [3.05, 3.63) is 53.0 Å². The Balaban J connectivity index is 1.45. The van der Waals surface area contributed by atoms with E-state index in [-0.39, 0.29) is 25.4 Å². The van der Waals surface area contributed by atoms with Gasteiger partial charge in [-0.2, -0.15) is 0 Å². The number of hydrogen-bond donors (Lipinski definition) is 3. The molecule has 29 heavy (non-hydrogen) atoms. The normalized spacial score (nSPS) is 15.7. The number of nitrogens with one attached hydrogen (secondary N) is 3. The minimum absolute atomic E-state index is 0.0135. The zero-order valence-electron chi connectivity index (χ0n) is 15.8. The van der Waals surface area contributed by atoms with Crippen LogP contribution in [0.25, 0.3) is 0 Å². The van der Waals surface area contributed by atoms with E-state index in [2.05, 4.69) is 32.1 Å². The average Bonchev–Trinajstić information content (AvgIpc) is 3.12. The number of carbonyl (C=O) groups is 3. The SMILES string of the molecule is COc1ccc(NCC(=O)NNC(=O)C2CC(=O)N(c3cccc(Br)c3)C2)cc1. The van der Waals surface area contributed by atoms with E-state index in [0.29, 0.717) is 0 Å². The maximum atomic E-state index is 12.3. The second kappa shape index (κ2) is 9.42. The van der Waals surface area contributed by atoms with Gasteiger partial charge in [0.1, 0.15) is 5.75 Å². The highest BCUT2D eigenvalue weighted by Gasteiger charge is 2.35. The smallest absolute Gasteiger partial charge is 0.257 e. The molecule has 3 amide bonds. The first-order chi connectivity index (χ1) is 14.0. The second-order valence-electron chi connectivity index (χ2n) is 6.50. The van der Waals surface area contributed by atoms with E-state index in [0.717, 1.165) is 21.6 Å². The molecule has 1 saturated heterocycles. The van der Waals surface area contributed by atoms with Crippen LogP contribution in [0.1, 0.15) is 6.42 Å². The molecule has 1 atom stereocenters. The fourth-order valence-electron chi connectivity index (χ4n) is 2.95. The molecule has 1 aliphatic heterocycles. The van der Waals surface area contributed by atoms with Crippen LogP contribution in [0.15, 0.2) is 53.0 Å². The number of hydrogen-bond acceptors (Lipinski definition) is 5. The van der Waals surface area contributed by atoms with Crippen LogP contribution < -0.4 is 25.8 Å². The Morgan fingerprint density at radius 3 is 2.62 bits per heavy atom. The quantitative estimate of drug-likeness (QED) is 0.573. The van der Waals surface area contributed by atoms with Crippen LogP contribution >= 0.6 is 15.9 Å². The number of amides is 3. The Kier molecular flexibility index (Phi) is 6.71. The number of nitrogens with zero attached hydrogens (tertiary/aromatic N) is 1. The Bertz CT molecular complexity index is 904. The number of anilines is 2. The number of benzene rings is 2. The molecule has 1 aliphatic rings. The molecule has 0 spiro atoms. The lowest BCUT2D eigenvalue weighted by molar-refractivity contribution is -0.130. The summed E-state index contributed by atoms with van der Waals surface area (Å²) in [5.41, 5.74) is 6.24. The molecule has 2 aromatic rings. The number of hydrazine groups is 1. The third kappa shape index (κ3) is 5.47. The molecule has 3 rings (SSSR count). The van der Waals surface area contributed by atoms with Crippen molar-refractivity contribution in [1.29, 1.82) is 0 Å². The molecule has 1 unspecified atom stereocenters. The highest BCUT2D eigenvalue weighted by molar-refractivity contribution is 9.10. The Hall–Kier alpha value is -3.07. The first-order valence-electron chi connectivity index (χ1n) is 8.99. The molecule has 2 aromatic carbocycles. The number of methoxy groups -OCH3 is 1. The largest absolute Gasteiger partial charge is 0.497 e. The van der Waals surface area contributed by atoms with Crippen molar-refractivity contribution in [2.75, 3.05) is 30.4 Å². The van der Waals surface area contributed by atoms with Gasteiger partial charge in [-0.05, 0) is 42.5 Å². The predicted octanol–water partition coefficient (Wildman–Crippen LogP) is 2.07. The van der Waals surface area contributed by atoms with Crippen LogP contribution in [0, 0.1) is 5.92 Å². The summed E-state index contributed by atoms with van der Waals surface area (Å²) in [6.07, 6.45) is 0.0956. The van der Waals surface area contributed by atoms with Gasteiger partial charge in [0, 0.05) is 28.8 Å². The number of ether oxygens (including phenoxy) is 1. The molecule has 1 fully saturated rings. The third-order valence-corrected chi connectivity index (χ3v) is 4.98. The Morgan fingerprint density at radius 2 is 1.93 bits per heavy atom. The molecule has 0 saturated carbocycles. The molecule has 1 heterocycles. The van der Waals surface area contributed by atoms with Gasteiger partial charge in [0.15, 0.2) is 0 Å². The molecular weight excluding hydrogens is 440 g/mol. The zero-order chi connectivity index (χ0) is 20.8. The lowest BCUT2D eigenvalue weighted by Crippen LogP contribution is -2.47. The fraction of sp³-hybridized carbons (Fsp3) is 0.250. The summed E-state index contributed by atoms with van der Waals surface area (Å²) < 4.78 is 5.93. The Labute approximate surface area is 176 Å². The van der Waals surface area contributed by atoms with Gasteiger partial charge in [0.05, 0.1) is 19.6 Å². The topological polar surface area (TPSA) is 99.8 Å². The maximum absolute atomic E-state index is 12.3. The summed E-state index contributed by atoms with van der Waals surface area (Å²) in [7, 11) is 1.58. The van der Waals surface area contributed by atoms with Crippen molar-refractivity contribution in [3.8, 4) is 5.75 Å². The summed E-state index contributed by atoms with van der Waals surface area (Å²) in [4.78, 5) is 38.1. The van der Waals surface area contributed by atoms with E-state index in [1.807, 2.05) is 24.3 Å². The predicted molar refractivity (Wildman–Crippen MR) is 112 cm³/mol. The fourth-order valence-corrected chi connectivity index (χ4v) is 3.33. The molecule has 0 aliphatic carbocycles. The van der Waals surface area contributed by atoms with E-state index in [4.69, 9.17) is 4.74 Å². The van der Waals surface area contributed by atoms with Crippen molar-refractivity contribution in [2.24, 2.45) is 5.92 Å². The lowest BCUT2D eigenvalue weighted by atomic mass is 10.1. The number of halogens is 1. The van der Waals surface area contributed by atoms with Gasteiger partial charge in [-0.15, -0.1) is 0 Å². The second-order valence-corrected chi connectivity index (χ2v) is 7.42. The molecule has 0 bridgehead atoms. The number of rotatable bonds is 6. The van der Waals surface area contributed by atoms with E-state index in [1.165, 1.54) is 0 Å². The van der Waals surface area contributed by atoms with Crippen LogP contribution in [0.3, 0.4) is 0 Å². The summed E-state index contributed by atoms with van der Waals surface area (Å²) >= 11 is 3.38. The first-order valence-corrected chi connectivity index (χ1v) is 9.78. The van der Waals surface area contributed by atoms with Gasteiger partial charge >= 0.3 is 0 Å². The maximum Gasteiger partial charge on any atom is 0.257 e. The van der Waals surface area contributed by atoms with Crippen molar-refractivity contribution >= 4 is 45.0 Å². The summed E-state index contributed by atoms with van der Waals surface area (Å²) in [6, 6.07) is 14.4. The van der Waals surface area contributed by atoms with Crippen LogP contribution in [0.2, 0.25) is 0 Å². The molecule has 0 aromatic heterocycles. The van der Waals surface area contributed by atoms with E-state index in [1.54, 1.807) is 36.3 Å². The van der Waals surface area contributed by atoms with Gasteiger partial charge in [-0.3, -0.25) is 25.2 Å². The monoisotopic (exact) mass is 460 g/mol. The first kappa shape index (κ1) is 20.7. The summed E-state index contributed by atoms with van der Waals surface area (Å²) in [5.74, 6) is -0.738. The standard InChI is InChI=1S/C20H21BrN4O4/c1-29-17-7-5-15(6-8-17)22-11-18(26)23-24-20(28)13-9-19(27)25(12-13)16-4-2-3-14(21)10-16/h2-8,10,13,22H,9,11-12H2,1H3,(H,23,26)(H,24,28). The number of carbonyl (C=O) groups excluding carboxylic acids is 3. The molecule has 8 nitrogen and oxygen atoms in total. The average molecular weight is 461 g/mol. The molecule has 0 radical (unpaired) electrons. The van der Waals surface area contributed by atoms with E-state index in [9.17, 15) is 14.4 Å². The highest BCUT2D eigenvalue weighted by atomic mass is 79.9. The van der Waals surface area contributed by atoms with Crippen molar-refractivity contribution in [3.63, 3.8) is 0 Å². The Morgan fingerprint density at radius 1 is 1.17 bits per heavy atom. The lowest BCUT2D eigenvalue weighted by Gasteiger charge is -2.17. The van der Waals surface area contributed by atoms with Gasteiger partial charge in [-0.25, -0.2) is 0 Å². The molecule has 152 valence electrons. The molecule has 9 heteroatoms. The van der Waals surface area contributed by atoms with Crippen LogP contribution in [0.4, 0.5) is 11.4 Å². The summed E-state index contributed by atoms with van der Waals surface area (Å²) in [5, 5.41) is 2.94. The van der Waals surface area contributed by atoms with E-state index < -0.39 is 17.7 Å². The van der Waals surface area contributed by atoms with Gasteiger partial charge < -0.3 is 15.0 Å². The van der Waals surface area contributed by atoms with Gasteiger partial charge in [0.2, 0.25) is 11.8 Å². The minimum atomic E-state index is -0.531. The van der Waals surface area contributed by atoms with Crippen molar-refractivity contribution < 1.29 is 19.1 Å². The van der Waals surface area contributed by atoms with Crippen molar-refractivity contribution in [1.82, 2.24) is 10.9 Å². The van der Waals surface area contributed by atoms with Crippen LogP contribution in [0.5, 0.6) is 5.75 Å². The van der Waals surface area contributed by atoms with Gasteiger partial charge in [0.25, 0.3) is 5.91 Å². The van der Waals surface area contributed by atoms with Crippen LogP contribution in [-0.2, 0) is 14.4 Å². The van der Waals surface area contributed by atoms with Gasteiger partial charge in [-0.1, -0.05) is 22.0 Å². The highest BCUT2D eigenvalue weighted by Crippen LogP contribution is 2.27. The minimum Gasteiger partial charge on any atom is -0.497 e. The van der Waals surface area contributed by atoms with Crippen LogP contribution in [-0.4, -0.2) is 37.9 Å². The molecule has 3 N–H and O–H groups in total. The van der Waals surface area contributed by atoms with E-state index >= 15 is 0 Å². The molecular formula is C20H21BrN4O4. The van der Waals surface area contributed by atoms with Crippen molar-refractivity contribution in [2.45, 2.75) is 6.42 Å². The zero-order valence-corrected chi connectivity index (χ0v) is 17.4. The summed E-state index contributed by atoms with van der Waals surface area (Å²) in [6.45, 7) is 0.251. The third-order valence-electron chi connectivity index (χ3n) is 4.48.